The second kappa shape index (κ2) is 7.23. The minimum absolute atomic E-state index is 0.537. The molecule has 1 aliphatic rings. The van der Waals surface area contributed by atoms with Gasteiger partial charge in [0.2, 0.25) is 0 Å². The number of aryl methyl sites for hydroxylation is 2. The molecule has 6 heteroatoms. The molecule has 1 saturated heterocycles. The highest BCUT2D eigenvalue weighted by Crippen LogP contribution is 2.18. The van der Waals surface area contributed by atoms with E-state index in [1.807, 2.05) is 29.0 Å². The fraction of sp³-hybridized carbons (Fsp3) is 0.474. The second-order valence-electron chi connectivity index (χ2n) is 6.98. The molecular weight excluding hydrogens is 330 g/mol. The first-order chi connectivity index (χ1) is 12.2. The molecule has 0 amide bonds. The van der Waals surface area contributed by atoms with Crippen LogP contribution in [-0.2, 0) is 13.1 Å². The lowest BCUT2D eigenvalue weighted by Gasteiger charge is -2.33. The summed E-state index contributed by atoms with van der Waals surface area (Å²) >= 11 is 1.85. The van der Waals surface area contributed by atoms with E-state index in [2.05, 4.69) is 50.8 Å². The molecule has 0 saturated carbocycles. The third-order valence-corrected chi connectivity index (χ3v) is 5.76. The molecule has 4 rings (SSSR count). The third kappa shape index (κ3) is 3.76. The average Bonchev–Trinajstić information content (AvgIpc) is 3.23. The van der Waals surface area contributed by atoms with Crippen molar-refractivity contribution in [1.29, 1.82) is 0 Å². The Balaban J connectivity index is 1.39. The number of aromatic nitrogens is 3. The minimum atomic E-state index is 0.537. The van der Waals surface area contributed by atoms with Crippen LogP contribution < -0.4 is 5.32 Å². The molecule has 1 aliphatic heterocycles. The first-order valence-electron chi connectivity index (χ1n) is 8.98. The number of nitrogens with zero attached hydrogens (tertiary/aromatic N) is 4. The number of thiophene rings is 1. The van der Waals surface area contributed by atoms with Gasteiger partial charge in [-0.1, -0.05) is 6.07 Å². The molecule has 0 bridgehead atoms. The van der Waals surface area contributed by atoms with Gasteiger partial charge in [-0.2, -0.15) is 5.10 Å². The molecule has 0 radical (unpaired) electrons. The summed E-state index contributed by atoms with van der Waals surface area (Å²) in [6.45, 7) is 8.34. The van der Waals surface area contributed by atoms with Gasteiger partial charge in [-0.25, -0.2) is 9.50 Å². The first kappa shape index (κ1) is 16.7. The number of likely N-dealkylation sites (tertiary alicyclic amines) is 1. The highest BCUT2D eigenvalue weighted by molar-refractivity contribution is 7.09. The quantitative estimate of drug-likeness (QED) is 0.764. The van der Waals surface area contributed by atoms with Crippen LogP contribution in [0.3, 0.4) is 0 Å². The monoisotopic (exact) mass is 355 g/mol. The number of rotatable bonds is 5. The molecule has 0 spiro atoms. The molecule has 132 valence electrons. The third-order valence-electron chi connectivity index (χ3n) is 4.90. The summed E-state index contributed by atoms with van der Waals surface area (Å²) in [5.41, 5.74) is 4.35. The smallest absolute Gasteiger partial charge is 0.159 e. The maximum atomic E-state index is 4.68. The summed E-state index contributed by atoms with van der Waals surface area (Å²) in [6.07, 6.45) is 4.45. The Morgan fingerprint density at radius 1 is 1.36 bits per heavy atom. The van der Waals surface area contributed by atoms with Gasteiger partial charge in [0.25, 0.3) is 0 Å². The van der Waals surface area contributed by atoms with Gasteiger partial charge in [0.05, 0.1) is 6.20 Å². The van der Waals surface area contributed by atoms with E-state index in [9.17, 15) is 0 Å². The van der Waals surface area contributed by atoms with Crippen molar-refractivity contribution < 1.29 is 0 Å². The van der Waals surface area contributed by atoms with Crippen LogP contribution in [0.4, 0.5) is 0 Å². The van der Waals surface area contributed by atoms with Crippen LogP contribution in [-0.4, -0.2) is 38.6 Å². The standard InChI is InChI=1S/C19H25N5S/c1-14-9-15(2)24-19(22-14)16(11-21-24)10-20-17-5-3-7-23(12-17)13-18-6-4-8-25-18/h4,6,8-9,11,17,20H,3,5,7,10,12-13H2,1-2H3. The molecule has 0 aliphatic carbocycles. The van der Waals surface area contributed by atoms with Gasteiger partial charge < -0.3 is 5.32 Å². The average molecular weight is 356 g/mol. The van der Waals surface area contributed by atoms with Crippen molar-refractivity contribution in [2.45, 2.75) is 45.8 Å². The predicted octanol–water partition coefficient (Wildman–Crippen LogP) is 3.16. The van der Waals surface area contributed by atoms with Crippen molar-refractivity contribution in [3.8, 4) is 0 Å². The summed E-state index contributed by atoms with van der Waals surface area (Å²) in [4.78, 5) is 8.70. The number of piperidine rings is 1. The van der Waals surface area contributed by atoms with E-state index < -0.39 is 0 Å². The van der Waals surface area contributed by atoms with E-state index in [1.54, 1.807) is 0 Å². The Kier molecular flexibility index (Phi) is 4.83. The van der Waals surface area contributed by atoms with Gasteiger partial charge in [-0.05, 0) is 50.7 Å². The Bertz CT molecular complexity index is 839. The lowest BCUT2D eigenvalue weighted by Crippen LogP contribution is -2.44. The zero-order valence-electron chi connectivity index (χ0n) is 14.9. The van der Waals surface area contributed by atoms with Gasteiger partial charge in [0.1, 0.15) is 0 Å². The lowest BCUT2D eigenvalue weighted by atomic mass is 10.1. The van der Waals surface area contributed by atoms with E-state index in [0.717, 1.165) is 36.7 Å². The van der Waals surface area contributed by atoms with E-state index >= 15 is 0 Å². The zero-order chi connectivity index (χ0) is 17.2. The van der Waals surface area contributed by atoms with E-state index in [0.29, 0.717) is 6.04 Å². The lowest BCUT2D eigenvalue weighted by molar-refractivity contribution is 0.184. The van der Waals surface area contributed by atoms with Crippen LogP contribution in [0.15, 0.2) is 29.8 Å². The Morgan fingerprint density at radius 2 is 2.28 bits per heavy atom. The van der Waals surface area contributed by atoms with Crippen LogP contribution in [0, 0.1) is 13.8 Å². The fourth-order valence-electron chi connectivity index (χ4n) is 3.68. The van der Waals surface area contributed by atoms with E-state index in [4.69, 9.17) is 0 Å². The van der Waals surface area contributed by atoms with Crippen molar-refractivity contribution in [3.63, 3.8) is 0 Å². The zero-order valence-corrected chi connectivity index (χ0v) is 15.7. The summed E-state index contributed by atoms with van der Waals surface area (Å²) in [6, 6.07) is 6.98. The largest absolute Gasteiger partial charge is 0.308 e. The van der Waals surface area contributed by atoms with Crippen molar-refractivity contribution in [2.75, 3.05) is 13.1 Å². The molecule has 5 nitrogen and oxygen atoms in total. The Hall–Kier alpha value is -1.76. The van der Waals surface area contributed by atoms with Gasteiger partial charge in [-0.3, -0.25) is 4.90 Å². The van der Waals surface area contributed by atoms with Gasteiger partial charge >= 0.3 is 0 Å². The van der Waals surface area contributed by atoms with Crippen LogP contribution in [0.2, 0.25) is 0 Å². The number of hydrogen-bond acceptors (Lipinski definition) is 5. The van der Waals surface area contributed by atoms with Crippen molar-refractivity contribution in [2.24, 2.45) is 0 Å². The highest BCUT2D eigenvalue weighted by Gasteiger charge is 2.20. The topological polar surface area (TPSA) is 45.5 Å². The van der Waals surface area contributed by atoms with Crippen molar-refractivity contribution in [1.82, 2.24) is 24.8 Å². The molecule has 3 aromatic heterocycles. The number of nitrogens with one attached hydrogen (secondary N) is 1. The minimum Gasteiger partial charge on any atom is -0.308 e. The molecule has 25 heavy (non-hydrogen) atoms. The van der Waals surface area contributed by atoms with E-state index in [-0.39, 0.29) is 0 Å². The highest BCUT2D eigenvalue weighted by atomic mass is 32.1. The SMILES string of the molecule is Cc1cc(C)n2ncc(CNC3CCCN(Cc4cccs4)C3)c2n1. The van der Waals surface area contributed by atoms with Crippen LogP contribution in [0.5, 0.6) is 0 Å². The van der Waals surface area contributed by atoms with Gasteiger partial charge in [-0.15, -0.1) is 11.3 Å². The molecule has 4 heterocycles. The molecule has 1 N–H and O–H groups in total. The fourth-order valence-corrected chi connectivity index (χ4v) is 4.43. The molecule has 1 atom stereocenters. The molecule has 1 unspecified atom stereocenters. The Labute approximate surface area is 152 Å². The van der Waals surface area contributed by atoms with Crippen molar-refractivity contribution >= 4 is 17.0 Å². The van der Waals surface area contributed by atoms with Crippen molar-refractivity contribution in [3.05, 3.63) is 51.6 Å². The maximum Gasteiger partial charge on any atom is 0.159 e. The predicted molar refractivity (Wildman–Crippen MR) is 102 cm³/mol. The molecule has 1 fully saturated rings. The Morgan fingerprint density at radius 3 is 3.12 bits per heavy atom. The summed E-state index contributed by atoms with van der Waals surface area (Å²) < 4.78 is 1.94. The number of hydrogen-bond donors (Lipinski definition) is 1. The molecular formula is C19H25N5S. The first-order valence-corrected chi connectivity index (χ1v) is 9.86. The van der Waals surface area contributed by atoms with E-state index in [1.165, 1.54) is 29.8 Å². The number of fused-ring (bicyclic) bond motifs is 1. The van der Waals surface area contributed by atoms with Gasteiger partial charge in [0.15, 0.2) is 5.65 Å². The summed E-state index contributed by atoms with van der Waals surface area (Å²) in [5, 5.41) is 10.4. The normalized spacial score (nSPS) is 18.9. The van der Waals surface area contributed by atoms with Crippen LogP contribution in [0.1, 0.15) is 34.7 Å². The maximum absolute atomic E-state index is 4.68. The molecule has 3 aromatic rings. The summed E-state index contributed by atoms with van der Waals surface area (Å²) in [7, 11) is 0. The van der Waals surface area contributed by atoms with Crippen LogP contribution in [0.25, 0.3) is 5.65 Å². The molecule has 0 aromatic carbocycles. The van der Waals surface area contributed by atoms with Gasteiger partial charge in [0, 0.05) is 47.5 Å². The van der Waals surface area contributed by atoms with Crippen LogP contribution >= 0.6 is 11.3 Å². The summed E-state index contributed by atoms with van der Waals surface area (Å²) in [5.74, 6) is 0. The second-order valence-corrected chi connectivity index (χ2v) is 8.01.